The van der Waals surface area contributed by atoms with E-state index in [-0.39, 0.29) is 17.3 Å². The Labute approximate surface area is 229 Å². The van der Waals surface area contributed by atoms with Gasteiger partial charge in [0.2, 0.25) is 0 Å². The molecule has 7 nitrogen and oxygen atoms in total. The standard InChI is InChI=1S/C28H29F3N6OS/c1-4-37-26-27(3,23(36-37)22-8-5-6-12-33-22)24(39-15-14-34-26)19-11-10-18(16-20(19)28(29,30)31)25(38)35-21-9-7-13-32-17(21)2/h5-13,16,24,26,34H,4,14-15H2,1-3H3,(H,35,38)/t24-,26?,27?/m1/s1. The Balaban J connectivity index is 1.60. The first-order valence-corrected chi connectivity index (χ1v) is 13.8. The van der Waals surface area contributed by atoms with Gasteiger partial charge in [0.05, 0.1) is 33.8 Å². The van der Waals surface area contributed by atoms with E-state index < -0.39 is 28.3 Å². The van der Waals surface area contributed by atoms with Crippen molar-refractivity contribution >= 4 is 29.1 Å². The predicted molar refractivity (Wildman–Crippen MR) is 147 cm³/mol. The number of fused-ring (bicyclic) bond motifs is 1. The molecule has 2 aromatic heterocycles. The van der Waals surface area contributed by atoms with Crippen LogP contribution in [0.3, 0.4) is 0 Å². The van der Waals surface area contributed by atoms with Crippen LogP contribution in [0.1, 0.15) is 52.0 Å². The van der Waals surface area contributed by atoms with Crippen molar-refractivity contribution in [2.45, 2.75) is 38.4 Å². The van der Waals surface area contributed by atoms with Crippen LogP contribution in [0.15, 0.2) is 66.0 Å². The summed E-state index contributed by atoms with van der Waals surface area (Å²) in [6, 6.07) is 12.7. The van der Waals surface area contributed by atoms with Crippen molar-refractivity contribution in [3.8, 4) is 0 Å². The Bertz CT molecular complexity index is 1400. The van der Waals surface area contributed by atoms with Crippen LogP contribution >= 0.6 is 11.8 Å². The Morgan fingerprint density at radius 3 is 2.67 bits per heavy atom. The summed E-state index contributed by atoms with van der Waals surface area (Å²) in [6.07, 6.45) is -1.75. The number of carbonyl (C=O) groups excluding carboxylic acids is 1. The molecule has 3 atom stereocenters. The zero-order chi connectivity index (χ0) is 27.8. The van der Waals surface area contributed by atoms with E-state index in [1.54, 1.807) is 37.5 Å². The van der Waals surface area contributed by atoms with Crippen molar-refractivity contribution < 1.29 is 18.0 Å². The summed E-state index contributed by atoms with van der Waals surface area (Å²) >= 11 is 1.47. The minimum absolute atomic E-state index is 0.0759. The Kier molecular flexibility index (Phi) is 7.39. The molecule has 0 spiro atoms. The molecular weight excluding hydrogens is 525 g/mol. The fourth-order valence-electron chi connectivity index (χ4n) is 5.34. The minimum atomic E-state index is -4.67. The summed E-state index contributed by atoms with van der Waals surface area (Å²) in [4.78, 5) is 21.6. The first kappa shape index (κ1) is 27.1. The second-order valence-corrected chi connectivity index (χ2v) is 10.9. The largest absolute Gasteiger partial charge is 0.416 e. The normalized spacial score (nSPS) is 23.1. The van der Waals surface area contributed by atoms with Gasteiger partial charge < -0.3 is 5.32 Å². The second-order valence-electron chi connectivity index (χ2n) is 9.70. The lowest BCUT2D eigenvalue weighted by Gasteiger charge is -2.40. The first-order valence-electron chi connectivity index (χ1n) is 12.7. The number of nitrogens with zero attached hydrogens (tertiary/aromatic N) is 4. The lowest BCUT2D eigenvalue weighted by Crippen LogP contribution is -2.52. The highest BCUT2D eigenvalue weighted by molar-refractivity contribution is 7.99. The number of amides is 1. The van der Waals surface area contributed by atoms with E-state index in [1.165, 1.54) is 23.9 Å². The zero-order valence-electron chi connectivity index (χ0n) is 21.8. The minimum Gasteiger partial charge on any atom is -0.320 e. The molecule has 1 amide bonds. The van der Waals surface area contributed by atoms with E-state index in [4.69, 9.17) is 5.10 Å². The topological polar surface area (TPSA) is 82.5 Å². The quantitative estimate of drug-likeness (QED) is 0.433. The average Bonchev–Trinajstić information content (AvgIpc) is 3.10. The molecule has 2 N–H and O–H groups in total. The van der Waals surface area contributed by atoms with Crippen LogP contribution in [0.5, 0.6) is 0 Å². The SMILES string of the molecule is CCN1N=C(c2ccccn2)C2(C)C1NCCS[C@@H]2c1ccc(C(=O)Nc2cccnc2C)cc1C(F)(F)F. The van der Waals surface area contributed by atoms with Crippen LogP contribution in [0.2, 0.25) is 0 Å². The number of halogens is 3. The highest BCUT2D eigenvalue weighted by Gasteiger charge is 2.56. The number of nitrogens with one attached hydrogen (secondary N) is 2. The van der Waals surface area contributed by atoms with E-state index in [0.717, 1.165) is 6.07 Å². The number of aryl methyl sites for hydroxylation is 1. The predicted octanol–water partition coefficient (Wildman–Crippen LogP) is 5.51. The summed E-state index contributed by atoms with van der Waals surface area (Å²) in [6.45, 7) is 6.85. The van der Waals surface area contributed by atoms with Crippen molar-refractivity contribution in [2.75, 3.05) is 24.2 Å². The van der Waals surface area contributed by atoms with Gasteiger partial charge in [-0.3, -0.25) is 25.1 Å². The number of pyridine rings is 2. The molecule has 1 fully saturated rings. The third-order valence-corrected chi connectivity index (χ3v) is 8.78. The number of hydrogen-bond acceptors (Lipinski definition) is 7. The molecule has 0 bridgehead atoms. The summed E-state index contributed by atoms with van der Waals surface area (Å²) in [7, 11) is 0. The Morgan fingerprint density at radius 1 is 1.18 bits per heavy atom. The molecule has 3 aromatic rings. The summed E-state index contributed by atoms with van der Waals surface area (Å²) in [5.41, 5.74) is 0.670. The van der Waals surface area contributed by atoms with Crippen LogP contribution in [0, 0.1) is 12.3 Å². The molecule has 0 aliphatic carbocycles. The summed E-state index contributed by atoms with van der Waals surface area (Å²) < 4.78 is 44.0. The third-order valence-electron chi connectivity index (χ3n) is 7.26. The molecular formula is C28H29F3N6OS. The van der Waals surface area contributed by atoms with Crippen molar-refractivity contribution in [1.82, 2.24) is 20.3 Å². The van der Waals surface area contributed by atoms with E-state index >= 15 is 0 Å². The van der Waals surface area contributed by atoms with Gasteiger partial charge in [-0.15, -0.1) is 0 Å². The number of anilines is 1. The van der Waals surface area contributed by atoms with Gasteiger partial charge in [0.15, 0.2) is 0 Å². The average molecular weight is 555 g/mol. The number of rotatable bonds is 5. The molecule has 11 heteroatoms. The molecule has 204 valence electrons. The lowest BCUT2D eigenvalue weighted by atomic mass is 9.74. The van der Waals surface area contributed by atoms with Gasteiger partial charge in [-0.05, 0) is 62.7 Å². The fraction of sp³-hybridized carbons (Fsp3) is 0.357. The maximum Gasteiger partial charge on any atom is 0.416 e. The van der Waals surface area contributed by atoms with Crippen molar-refractivity contribution in [3.05, 3.63) is 89.0 Å². The van der Waals surface area contributed by atoms with Crippen molar-refractivity contribution in [1.29, 1.82) is 0 Å². The lowest BCUT2D eigenvalue weighted by molar-refractivity contribution is -0.138. The van der Waals surface area contributed by atoms with Crippen molar-refractivity contribution in [2.24, 2.45) is 10.5 Å². The molecule has 0 radical (unpaired) electrons. The van der Waals surface area contributed by atoms with Crippen molar-refractivity contribution in [3.63, 3.8) is 0 Å². The van der Waals surface area contributed by atoms with Gasteiger partial charge in [-0.2, -0.15) is 30.0 Å². The van der Waals surface area contributed by atoms with Gasteiger partial charge in [0.25, 0.3) is 5.91 Å². The number of aromatic nitrogens is 2. The zero-order valence-corrected chi connectivity index (χ0v) is 22.6. The third kappa shape index (κ3) is 5.00. The molecule has 5 rings (SSSR count). The molecule has 1 aromatic carbocycles. The van der Waals surface area contributed by atoms with E-state index in [9.17, 15) is 18.0 Å². The van der Waals surface area contributed by atoms with Gasteiger partial charge in [-0.25, -0.2) is 0 Å². The van der Waals surface area contributed by atoms with Crippen LogP contribution in [-0.4, -0.2) is 51.6 Å². The Hall–Kier alpha value is -3.44. The molecule has 2 aliphatic heterocycles. The number of alkyl halides is 3. The molecule has 1 saturated heterocycles. The number of benzene rings is 1. The van der Waals surface area contributed by atoms with E-state index in [1.807, 2.05) is 31.0 Å². The van der Waals surface area contributed by atoms with Gasteiger partial charge in [-0.1, -0.05) is 12.1 Å². The number of thioether (sulfide) groups is 1. The first-order chi connectivity index (χ1) is 18.6. The molecule has 2 unspecified atom stereocenters. The molecule has 0 saturated carbocycles. The number of carbonyl (C=O) groups is 1. The maximum atomic E-state index is 14.7. The maximum absolute atomic E-state index is 14.7. The van der Waals surface area contributed by atoms with Crippen LogP contribution in [0.4, 0.5) is 18.9 Å². The number of hydrogen-bond donors (Lipinski definition) is 2. The van der Waals surface area contributed by atoms with Crippen LogP contribution in [0.25, 0.3) is 0 Å². The van der Waals surface area contributed by atoms with Gasteiger partial charge >= 0.3 is 6.18 Å². The monoisotopic (exact) mass is 554 g/mol. The molecule has 2 aliphatic rings. The Morgan fingerprint density at radius 2 is 1.97 bits per heavy atom. The van der Waals surface area contributed by atoms with Gasteiger partial charge in [0, 0.05) is 42.0 Å². The molecule has 39 heavy (non-hydrogen) atoms. The highest BCUT2D eigenvalue weighted by Crippen LogP contribution is 2.55. The van der Waals surface area contributed by atoms with E-state index in [2.05, 4.69) is 20.6 Å². The fourth-order valence-corrected chi connectivity index (χ4v) is 6.79. The highest BCUT2D eigenvalue weighted by atomic mass is 32.2. The molecule has 4 heterocycles. The van der Waals surface area contributed by atoms with Crippen LogP contribution in [-0.2, 0) is 6.18 Å². The smallest absolute Gasteiger partial charge is 0.320 e. The summed E-state index contributed by atoms with van der Waals surface area (Å²) in [5.74, 6) is -0.0138. The second kappa shape index (κ2) is 10.6. The van der Waals surface area contributed by atoms with E-state index in [0.29, 0.717) is 41.6 Å². The number of hydrazone groups is 1. The van der Waals surface area contributed by atoms with Crippen LogP contribution < -0.4 is 10.6 Å². The van der Waals surface area contributed by atoms with Gasteiger partial charge in [0.1, 0.15) is 6.17 Å². The summed E-state index contributed by atoms with van der Waals surface area (Å²) in [5, 5.41) is 12.4.